The van der Waals surface area contributed by atoms with Crippen LogP contribution < -0.4 is 33.4 Å². The van der Waals surface area contributed by atoms with Crippen molar-refractivity contribution in [1.29, 1.82) is 0 Å². The van der Waals surface area contributed by atoms with Gasteiger partial charge in [-0.1, -0.05) is 29.8 Å². The van der Waals surface area contributed by atoms with Crippen LogP contribution in [0.1, 0.15) is 30.5 Å². The van der Waals surface area contributed by atoms with Gasteiger partial charge in [0.15, 0.2) is 6.20 Å². The Morgan fingerprint density at radius 3 is 2.59 bits per heavy atom. The van der Waals surface area contributed by atoms with Gasteiger partial charge in [0.1, 0.15) is 6.54 Å². The van der Waals surface area contributed by atoms with Gasteiger partial charge in [-0.2, -0.15) is 4.57 Å². The maximum Gasteiger partial charge on any atom is 0.213 e. The molecule has 1 aliphatic heterocycles. The largest absolute Gasteiger partial charge is 1.00 e. The number of likely N-dealkylation sites (N-methyl/N-ethyl adjacent to an activating group) is 1. The molecule has 27 heavy (non-hydrogen) atoms. The summed E-state index contributed by atoms with van der Waals surface area (Å²) in [5.74, 6) is 0. The van der Waals surface area contributed by atoms with E-state index in [9.17, 15) is 0 Å². The van der Waals surface area contributed by atoms with Crippen molar-refractivity contribution in [2.75, 3.05) is 11.4 Å². The Morgan fingerprint density at radius 1 is 1.00 bits per heavy atom. The van der Waals surface area contributed by atoms with Crippen molar-refractivity contribution in [2.45, 2.75) is 27.3 Å². The molecule has 4 rings (SSSR count). The van der Waals surface area contributed by atoms with Crippen LogP contribution in [-0.2, 0) is 6.54 Å². The van der Waals surface area contributed by atoms with E-state index in [1.165, 1.54) is 39.0 Å². The average molecular weight is 468 g/mol. The average Bonchev–Trinajstić information content (AvgIpc) is 2.68. The summed E-state index contributed by atoms with van der Waals surface area (Å²) in [4.78, 5) is 2.39. The third kappa shape index (κ3) is 3.65. The molecule has 1 aliphatic rings. The van der Waals surface area contributed by atoms with Gasteiger partial charge in [0.25, 0.3) is 0 Å². The summed E-state index contributed by atoms with van der Waals surface area (Å²) in [7, 11) is 0. The Balaban J connectivity index is 0.00000210. The van der Waals surface area contributed by atoms with Crippen molar-refractivity contribution < 1.29 is 28.5 Å². The normalized spacial score (nSPS) is 14.3. The molecule has 1 aromatic heterocycles. The first-order valence-electron chi connectivity index (χ1n) is 9.40. The second-order valence-electron chi connectivity index (χ2n) is 6.78. The zero-order valence-electron chi connectivity index (χ0n) is 16.1. The lowest BCUT2D eigenvalue weighted by Gasteiger charge is -2.29. The number of aromatic nitrogens is 1. The summed E-state index contributed by atoms with van der Waals surface area (Å²) in [5.41, 5.74) is 7.67. The molecule has 3 heteroatoms. The molecule has 3 aromatic rings. The molecule has 0 aliphatic carbocycles. The van der Waals surface area contributed by atoms with Gasteiger partial charge < -0.3 is 28.9 Å². The molecule has 0 atom stereocenters. The number of halogens is 1. The lowest BCUT2D eigenvalue weighted by molar-refractivity contribution is -0.667. The summed E-state index contributed by atoms with van der Waals surface area (Å²) in [5, 5.41) is 1.29. The lowest BCUT2D eigenvalue weighted by atomic mass is 10.0. The smallest absolute Gasteiger partial charge is 0.213 e. The van der Waals surface area contributed by atoms with Crippen molar-refractivity contribution in [3.8, 4) is 0 Å². The molecule has 138 valence electrons. The Hall–Kier alpha value is -2.14. The van der Waals surface area contributed by atoms with Gasteiger partial charge in [0.05, 0.1) is 5.39 Å². The number of hydrogen-bond acceptors (Lipinski definition) is 1. The molecule has 0 bridgehead atoms. The fraction of sp³-hybridized carbons (Fsp3) is 0.208. The fourth-order valence-electron chi connectivity index (χ4n) is 3.81. The van der Waals surface area contributed by atoms with E-state index in [1.807, 2.05) is 0 Å². The molecule has 0 fully saturated rings. The number of nitrogens with zero attached hydrogens (tertiary/aromatic N) is 2. The van der Waals surface area contributed by atoms with Crippen LogP contribution in [0.3, 0.4) is 0 Å². The van der Waals surface area contributed by atoms with Crippen molar-refractivity contribution in [2.24, 2.45) is 0 Å². The van der Waals surface area contributed by atoms with Crippen molar-refractivity contribution in [1.82, 2.24) is 0 Å². The minimum atomic E-state index is 0. The molecule has 2 heterocycles. The number of hydrogen-bond donors (Lipinski definition) is 0. The van der Waals surface area contributed by atoms with Crippen LogP contribution in [0, 0.1) is 6.92 Å². The second kappa shape index (κ2) is 8.26. The third-order valence-electron chi connectivity index (χ3n) is 5.14. The van der Waals surface area contributed by atoms with E-state index in [-0.39, 0.29) is 24.0 Å². The molecule has 0 N–H and O–H groups in total. The van der Waals surface area contributed by atoms with E-state index in [0.29, 0.717) is 0 Å². The first kappa shape index (κ1) is 19.6. The lowest BCUT2D eigenvalue weighted by Crippen LogP contribution is -3.00. The van der Waals surface area contributed by atoms with Crippen LogP contribution in [0.15, 0.2) is 66.5 Å². The molecule has 0 spiro atoms. The predicted molar refractivity (Wildman–Crippen MR) is 111 cm³/mol. The number of benzene rings is 2. The maximum atomic E-state index is 2.39. The minimum Gasteiger partial charge on any atom is -1.00 e. The summed E-state index contributed by atoms with van der Waals surface area (Å²) >= 11 is 0. The molecule has 0 unspecified atom stereocenters. The van der Waals surface area contributed by atoms with Gasteiger partial charge in [-0.25, -0.2) is 0 Å². The summed E-state index contributed by atoms with van der Waals surface area (Å²) in [6, 6.07) is 17.6. The van der Waals surface area contributed by atoms with Crippen LogP contribution in [0.2, 0.25) is 0 Å². The zero-order chi connectivity index (χ0) is 18.1. The van der Waals surface area contributed by atoms with E-state index in [1.54, 1.807) is 0 Å². The quantitative estimate of drug-likeness (QED) is 0.423. The highest BCUT2D eigenvalue weighted by atomic mass is 127. The van der Waals surface area contributed by atoms with Gasteiger partial charge >= 0.3 is 0 Å². The number of fused-ring (bicyclic) bond motifs is 2. The summed E-state index contributed by atoms with van der Waals surface area (Å²) in [6.45, 7) is 8.48. The Bertz CT molecular complexity index is 1030. The van der Waals surface area contributed by atoms with Gasteiger partial charge in [0, 0.05) is 30.1 Å². The number of para-hydroxylation sites is 1. The molecule has 2 aromatic carbocycles. The van der Waals surface area contributed by atoms with Crippen LogP contribution in [0.25, 0.3) is 23.1 Å². The monoisotopic (exact) mass is 468 g/mol. The first-order chi connectivity index (χ1) is 12.7. The van der Waals surface area contributed by atoms with Gasteiger partial charge in [-0.3, -0.25) is 0 Å². The van der Waals surface area contributed by atoms with Crippen molar-refractivity contribution in [3.05, 3.63) is 83.2 Å². The predicted octanol–water partition coefficient (Wildman–Crippen LogP) is 2.35. The molecule has 0 radical (unpaired) electrons. The molecule has 0 saturated heterocycles. The number of rotatable bonds is 3. The highest BCUT2D eigenvalue weighted by Crippen LogP contribution is 2.32. The fourth-order valence-corrected chi connectivity index (χ4v) is 3.81. The molecule has 2 nitrogen and oxygen atoms in total. The Labute approximate surface area is 178 Å². The highest BCUT2D eigenvalue weighted by molar-refractivity contribution is 5.88. The summed E-state index contributed by atoms with van der Waals surface area (Å²) in [6.07, 6.45) is 8.97. The van der Waals surface area contributed by atoms with Gasteiger partial charge in [-0.15, -0.1) is 0 Å². The van der Waals surface area contributed by atoms with Gasteiger partial charge in [0.2, 0.25) is 5.52 Å². The van der Waals surface area contributed by atoms with E-state index in [0.717, 1.165) is 13.1 Å². The molecular weight excluding hydrogens is 443 g/mol. The van der Waals surface area contributed by atoms with E-state index in [4.69, 9.17) is 0 Å². The van der Waals surface area contributed by atoms with Crippen LogP contribution in [0.5, 0.6) is 0 Å². The van der Waals surface area contributed by atoms with Crippen molar-refractivity contribution in [3.63, 3.8) is 0 Å². The van der Waals surface area contributed by atoms with E-state index in [2.05, 4.69) is 103 Å². The van der Waals surface area contributed by atoms with Gasteiger partial charge in [-0.05, 0) is 62.2 Å². The number of allylic oxidation sites excluding steroid dienone is 1. The highest BCUT2D eigenvalue weighted by Gasteiger charge is 2.17. The Kier molecular flexibility index (Phi) is 6.00. The second-order valence-corrected chi connectivity index (χ2v) is 6.78. The zero-order valence-corrected chi connectivity index (χ0v) is 18.3. The van der Waals surface area contributed by atoms with Crippen LogP contribution in [-0.4, -0.2) is 6.54 Å². The number of pyridine rings is 1. The topological polar surface area (TPSA) is 7.12 Å². The van der Waals surface area contributed by atoms with Crippen LogP contribution >= 0.6 is 0 Å². The molecule has 0 amide bonds. The standard InChI is InChI=1S/C24H25N2.HI/c1-4-25-15-14-19(22-8-6-7-9-24(22)25)17-21-12-11-20-16-18(3)10-13-23(20)26(21)5-2;/h6-17H,4-5H2,1-3H3;1H/q+1;/p-1. The SMILES string of the molecule is CCN1C(=Cc2cc[n+](CC)c3ccccc23)C=Cc2cc(C)ccc21.[I-]. The van der Waals surface area contributed by atoms with Crippen LogP contribution in [0.4, 0.5) is 5.69 Å². The summed E-state index contributed by atoms with van der Waals surface area (Å²) < 4.78 is 2.30. The minimum absolute atomic E-state index is 0. The number of anilines is 1. The molecule has 0 saturated carbocycles. The van der Waals surface area contributed by atoms with E-state index < -0.39 is 0 Å². The molecular formula is C24H25IN2. The third-order valence-corrected chi connectivity index (χ3v) is 5.14. The van der Waals surface area contributed by atoms with E-state index >= 15 is 0 Å². The first-order valence-corrected chi connectivity index (χ1v) is 9.40. The van der Waals surface area contributed by atoms with Crippen molar-refractivity contribution >= 4 is 28.7 Å². The maximum absolute atomic E-state index is 2.39. The number of aryl methyl sites for hydroxylation is 2. The Morgan fingerprint density at radius 2 is 1.81 bits per heavy atom.